The summed E-state index contributed by atoms with van der Waals surface area (Å²) in [6.45, 7) is 0.610. The smallest absolute Gasteiger partial charge is 0.242 e. The number of nitrogens with zero attached hydrogens (tertiary/aromatic N) is 1. The molecule has 0 radical (unpaired) electrons. The molecule has 0 aromatic heterocycles. The van der Waals surface area contributed by atoms with E-state index in [1.807, 2.05) is 0 Å². The Morgan fingerprint density at radius 2 is 2.12 bits per heavy atom. The summed E-state index contributed by atoms with van der Waals surface area (Å²) in [5.74, 6) is 0. The van der Waals surface area contributed by atoms with Crippen molar-refractivity contribution >= 4 is 27.3 Å². The molecule has 0 aliphatic heterocycles. The molecule has 0 saturated carbocycles. The van der Waals surface area contributed by atoms with Gasteiger partial charge in [0.05, 0.1) is 22.2 Å². The van der Waals surface area contributed by atoms with Crippen molar-refractivity contribution in [1.29, 1.82) is 0 Å². The molecule has 0 aliphatic carbocycles. The number of benzene rings is 1. The summed E-state index contributed by atoms with van der Waals surface area (Å²) in [5.41, 5.74) is 5.88. The van der Waals surface area contributed by atoms with Gasteiger partial charge in [0.2, 0.25) is 10.0 Å². The van der Waals surface area contributed by atoms with E-state index in [0.29, 0.717) is 12.3 Å². The van der Waals surface area contributed by atoms with E-state index in [1.54, 1.807) is 0 Å². The molecule has 0 aliphatic rings. The Morgan fingerprint density at radius 3 is 2.65 bits per heavy atom. The number of sulfonamides is 1. The fourth-order valence-electron chi connectivity index (χ4n) is 1.19. The van der Waals surface area contributed by atoms with Crippen LogP contribution in [0.1, 0.15) is 0 Å². The number of hydrogen-bond donors (Lipinski definition) is 1. The van der Waals surface area contributed by atoms with Crippen LogP contribution in [0.3, 0.4) is 0 Å². The first-order chi connectivity index (χ1) is 7.89. The van der Waals surface area contributed by atoms with Crippen LogP contribution >= 0.6 is 11.6 Å². The molecule has 0 fully saturated rings. The summed E-state index contributed by atoms with van der Waals surface area (Å²) in [6.07, 6.45) is 0. The maximum absolute atomic E-state index is 12.1. The average molecular weight is 279 g/mol. The minimum absolute atomic E-state index is 0.121. The molecular formula is C10H15ClN2O3S. The Labute approximate surface area is 106 Å². The number of hydrogen-bond acceptors (Lipinski definition) is 4. The van der Waals surface area contributed by atoms with Crippen molar-refractivity contribution in [3.63, 3.8) is 0 Å². The fourth-order valence-corrected chi connectivity index (χ4v) is 2.62. The van der Waals surface area contributed by atoms with Crippen molar-refractivity contribution < 1.29 is 13.2 Å². The molecule has 96 valence electrons. The third-order valence-electron chi connectivity index (χ3n) is 2.29. The maximum Gasteiger partial charge on any atom is 0.242 e. The first-order valence-corrected chi connectivity index (χ1v) is 6.71. The van der Waals surface area contributed by atoms with Crippen LogP contribution in [-0.4, -0.2) is 40.0 Å². The van der Waals surface area contributed by atoms with E-state index in [2.05, 4.69) is 0 Å². The topological polar surface area (TPSA) is 72.6 Å². The van der Waals surface area contributed by atoms with Crippen molar-refractivity contribution in [3.05, 3.63) is 23.2 Å². The standard InChI is InChI=1S/C10H15ClN2O3S/c1-13(5-6-16-2)17(14,15)8-3-4-10(12)9(11)7-8/h3-4,7H,5-6,12H2,1-2H3. The highest BCUT2D eigenvalue weighted by Gasteiger charge is 2.20. The molecule has 0 unspecified atom stereocenters. The summed E-state index contributed by atoms with van der Waals surface area (Å²) in [6, 6.07) is 4.24. The predicted octanol–water partition coefficient (Wildman–Crippen LogP) is 1.19. The normalized spacial score (nSPS) is 12.0. The van der Waals surface area contributed by atoms with E-state index in [4.69, 9.17) is 22.1 Å². The zero-order chi connectivity index (χ0) is 13.1. The lowest BCUT2D eigenvalue weighted by Crippen LogP contribution is -2.30. The molecule has 2 N–H and O–H groups in total. The molecule has 1 aromatic carbocycles. The van der Waals surface area contributed by atoms with Gasteiger partial charge in [0.1, 0.15) is 0 Å². The lowest BCUT2D eigenvalue weighted by atomic mass is 10.3. The monoisotopic (exact) mass is 278 g/mol. The highest BCUT2D eigenvalue weighted by atomic mass is 35.5. The van der Waals surface area contributed by atoms with Gasteiger partial charge in [0, 0.05) is 20.7 Å². The van der Waals surface area contributed by atoms with E-state index in [-0.39, 0.29) is 16.5 Å². The molecule has 5 nitrogen and oxygen atoms in total. The van der Waals surface area contributed by atoms with E-state index in [0.717, 1.165) is 0 Å². The summed E-state index contributed by atoms with van der Waals surface area (Å²) < 4.78 is 30.2. The van der Waals surface area contributed by atoms with Gasteiger partial charge in [-0.2, -0.15) is 4.31 Å². The maximum atomic E-state index is 12.1. The van der Waals surface area contributed by atoms with E-state index in [1.165, 1.54) is 36.7 Å². The van der Waals surface area contributed by atoms with Gasteiger partial charge in [0.15, 0.2) is 0 Å². The van der Waals surface area contributed by atoms with Crippen LogP contribution in [0, 0.1) is 0 Å². The second kappa shape index (κ2) is 5.68. The van der Waals surface area contributed by atoms with Crippen molar-refractivity contribution in [3.8, 4) is 0 Å². The number of methoxy groups -OCH3 is 1. The van der Waals surface area contributed by atoms with Gasteiger partial charge in [-0.1, -0.05) is 11.6 Å². The number of ether oxygens (including phenoxy) is 1. The number of nitrogen functional groups attached to an aromatic ring is 1. The number of anilines is 1. The van der Waals surface area contributed by atoms with Gasteiger partial charge in [0.25, 0.3) is 0 Å². The largest absolute Gasteiger partial charge is 0.398 e. The van der Waals surface area contributed by atoms with Crippen molar-refractivity contribution in [2.45, 2.75) is 4.90 Å². The van der Waals surface area contributed by atoms with Crippen molar-refractivity contribution in [1.82, 2.24) is 4.31 Å². The van der Waals surface area contributed by atoms with Gasteiger partial charge in [-0.05, 0) is 18.2 Å². The highest BCUT2D eigenvalue weighted by Crippen LogP contribution is 2.24. The quantitative estimate of drug-likeness (QED) is 0.821. The zero-order valence-electron chi connectivity index (χ0n) is 9.68. The number of nitrogens with two attached hydrogens (primary N) is 1. The van der Waals surface area contributed by atoms with Gasteiger partial charge in [-0.25, -0.2) is 8.42 Å². The lowest BCUT2D eigenvalue weighted by molar-refractivity contribution is 0.185. The molecule has 0 amide bonds. The van der Waals surface area contributed by atoms with Crippen LogP contribution < -0.4 is 5.73 Å². The minimum Gasteiger partial charge on any atom is -0.398 e. The Balaban J connectivity index is 3.00. The molecule has 0 atom stereocenters. The Bertz CT molecular complexity index is 490. The first-order valence-electron chi connectivity index (χ1n) is 4.90. The third kappa shape index (κ3) is 3.32. The Kier molecular flexibility index (Phi) is 4.76. The Hall–Kier alpha value is -0.820. The molecule has 7 heteroatoms. The summed E-state index contributed by atoms with van der Waals surface area (Å²) >= 11 is 5.80. The van der Waals surface area contributed by atoms with Gasteiger partial charge in [-0.15, -0.1) is 0 Å². The molecular weight excluding hydrogens is 264 g/mol. The van der Waals surface area contributed by atoms with Crippen LogP contribution in [0.2, 0.25) is 5.02 Å². The number of likely N-dealkylation sites (N-methyl/N-ethyl adjacent to an activating group) is 1. The molecule has 17 heavy (non-hydrogen) atoms. The predicted molar refractivity (Wildman–Crippen MR) is 67.6 cm³/mol. The van der Waals surface area contributed by atoms with Gasteiger partial charge >= 0.3 is 0 Å². The van der Waals surface area contributed by atoms with E-state index < -0.39 is 10.0 Å². The van der Waals surface area contributed by atoms with Crippen LogP contribution in [-0.2, 0) is 14.8 Å². The van der Waals surface area contributed by atoms with Crippen LogP contribution in [0.15, 0.2) is 23.1 Å². The first kappa shape index (κ1) is 14.2. The second-order valence-corrected chi connectivity index (χ2v) is 5.95. The summed E-state index contributed by atoms with van der Waals surface area (Å²) in [4.78, 5) is 0.121. The molecule has 0 spiro atoms. The van der Waals surface area contributed by atoms with Crippen molar-refractivity contribution in [2.75, 3.05) is 33.0 Å². The second-order valence-electron chi connectivity index (χ2n) is 3.50. The van der Waals surface area contributed by atoms with Crippen LogP contribution in [0.25, 0.3) is 0 Å². The summed E-state index contributed by atoms with van der Waals surface area (Å²) in [5, 5.41) is 0.228. The van der Waals surface area contributed by atoms with Gasteiger partial charge in [-0.3, -0.25) is 0 Å². The Morgan fingerprint density at radius 1 is 1.47 bits per heavy atom. The number of rotatable bonds is 5. The van der Waals surface area contributed by atoms with Crippen molar-refractivity contribution in [2.24, 2.45) is 0 Å². The fraction of sp³-hybridized carbons (Fsp3) is 0.400. The number of halogens is 1. The molecule has 0 saturated heterocycles. The van der Waals surface area contributed by atoms with E-state index >= 15 is 0 Å². The SMILES string of the molecule is COCCN(C)S(=O)(=O)c1ccc(N)c(Cl)c1. The van der Waals surface area contributed by atoms with Gasteiger partial charge < -0.3 is 10.5 Å². The molecule has 1 aromatic rings. The minimum atomic E-state index is -3.54. The van der Waals surface area contributed by atoms with Crippen LogP contribution in [0.5, 0.6) is 0 Å². The summed E-state index contributed by atoms with van der Waals surface area (Å²) in [7, 11) is -0.538. The zero-order valence-corrected chi connectivity index (χ0v) is 11.3. The molecule has 0 bridgehead atoms. The highest BCUT2D eigenvalue weighted by molar-refractivity contribution is 7.89. The van der Waals surface area contributed by atoms with E-state index in [9.17, 15) is 8.42 Å². The van der Waals surface area contributed by atoms with Crippen LogP contribution in [0.4, 0.5) is 5.69 Å². The molecule has 1 rings (SSSR count). The molecule has 0 heterocycles. The third-order valence-corrected chi connectivity index (χ3v) is 4.47. The average Bonchev–Trinajstić information content (AvgIpc) is 2.29. The lowest BCUT2D eigenvalue weighted by Gasteiger charge is -2.17.